The molecule has 0 saturated heterocycles. The molecule has 0 radical (unpaired) electrons. The number of allylic oxidation sites excluding steroid dienone is 3. The first-order chi connectivity index (χ1) is 10.7. The predicted molar refractivity (Wildman–Crippen MR) is 97.6 cm³/mol. The lowest BCUT2D eigenvalue weighted by Crippen LogP contribution is -2.43. The molecule has 0 aromatic heterocycles. The highest BCUT2D eigenvalue weighted by Crippen LogP contribution is 2.37. The van der Waals surface area contributed by atoms with Crippen molar-refractivity contribution >= 4 is 14.3 Å². The van der Waals surface area contributed by atoms with Crippen LogP contribution in [0.25, 0.3) is 0 Å². The van der Waals surface area contributed by atoms with E-state index >= 15 is 0 Å². The SMILES string of the molecule is CC(C)(C)[Si](C)(C)OC1C=CC=CCCCCOC(=O)C#CC1. The van der Waals surface area contributed by atoms with E-state index in [2.05, 4.69) is 57.9 Å². The lowest BCUT2D eigenvalue weighted by molar-refractivity contribution is -0.136. The predicted octanol–water partition coefficient (Wildman–Crippen LogP) is 4.61. The Balaban J connectivity index is 2.85. The lowest BCUT2D eigenvalue weighted by atomic mass is 10.2. The summed E-state index contributed by atoms with van der Waals surface area (Å²) in [5, 5.41) is 0.141. The molecular formula is C19H30O3Si. The van der Waals surface area contributed by atoms with E-state index in [0.717, 1.165) is 19.3 Å². The fourth-order valence-corrected chi connectivity index (χ4v) is 3.13. The van der Waals surface area contributed by atoms with E-state index in [-0.39, 0.29) is 11.1 Å². The maximum atomic E-state index is 11.5. The first-order valence-corrected chi connectivity index (χ1v) is 11.3. The van der Waals surface area contributed by atoms with Crippen LogP contribution in [0.3, 0.4) is 0 Å². The van der Waals surface area contributed by atoms with Crippen molar-refractivity contribution in [1.82, 2.24) is 0 Å². The van der Waals surface area contributed by atoms with Crippen LogP contribution in [-0.2, 0) is 14.0 Å². The first kappa shape index (κ1) is 19.7. The first-order valence-electron chi connectivity index (χ1n) is 8.39. The fraction of sp³-hybridized carbons (Fsp3) is 0.632. The average molecular weight is 335 g/mol. The third-order valence-corrected chi connectivity index (χ3v) is 8.82. The minimum absolute atomic E-state index is 0.0937. The highest BCUT2D eigenvalue weighted by atomic mass is 28.4. The Kier molecular flexibility index (Phi) is 7.81. The summed E-state index contributed by atoms with van der Waals surface area (Å²) < 4.78 is 11.5. The van der Waals surface area contributed by atoms with E-state index < -0.39 is 14.3 Å². The summed E-state index contributed by atoms with van der Waals surface area (Å²) in [5.74, 6) is 5.04. The number of esters is 1. The van der Waals surface area contributed by atoms with Gasteiger partial charge in [0, 0.05) is 12.3 Å². The van der Waals surface area contributed by atoms with Gasteiger partial charge >= 0.3 is 5.97 Å². The lowest BCUT2D eigenvalue weighted by Gasteiger charge is -2.38. The second-order valence-electron chi connectivity index (χ2n) is 7.37. The van der Waals surface area contributed by atoms with Crippen LogP contribution in [0.2, 0.25) is 18.1 Å². The molecule has 1 rings (SSSR count). The van der Waals surface area contributed by atoms with Crippen LogP contribution in [-0.4, -0.2) is 27.0 Å². The molecule has 1 aliphatic heterocycles. The van der Waals surface area contributed by atoms with Crippen molar-refractivity contribution in [3.05, 3.63) is 24.3 Å². The Bertz CT molecular complexity index is 501. The molecule has 3 nitrogen and oxygen atoms in total. The van der Waals surface area contributed by atoms with Gasteiger partial charge in [0.2, 0.25) is 0 Å². The Labute approximate surface area is 142 Å². The summed E-state index contributed by atoms with van der Waals surface area (Å²) in [5.41, 5.74) is 0. The number of carbonyl (C=O) groups excluding carboxylic acids is 1. The molecule has 0 aliphatic carbocycles. The second-order valence-corrected chi connectivity index (χ2v) is 12.1. The monoisotopic (exact) mass is 334 g/mol. The van der Waals surface area contributed by atoms with Gasteiger partial charge in [-0.3, -0.25) is 0 Å². The molecule has 0 spiro atoms. The summed E-state index contributed by atoms with van der Waals surface area (Å²) in [6.07, 6.45) is 11.6. The average Bonchev–Trinajstić information content (AvgIpc) is 2.43. The number of hydrogen-bond acceptors (Lipinski definition) is 3. The molecule has 1 atom stereocenters. The highest BCUT2D eigenvalue weighted by Gasteiger charge is 2.38. The molecular weight excluding hydrogens is 304 g/mol. The molecule has 4 heteroatoms. The third kappa shape index (κ3) is 7.67. The molecule has 0 bridgehead atoms. The third-order valence-electron chi connectivity index (χ3n) is 4.32. The quantitative estimate of drug-likeness (QED) is 0.320. The van der Waals surface area contributed by atoms with E-state index in [1.54, 1.807) is 0 Å². The molecule has 0 saturated carbocycles. The Morgan fingerprint density at radius 3 is 2.70 bits per heavy atom. The van der Waals surface area contributed by atoms with Gasteiger partial charge < -0.3 is 9.16 Å². The maximum absolute atomic E-state index is 11.5. The van der Waals surface area contributed by atoms with Crippen molar-refractivity contribution in [1.29, 1.82) is 0 Å². The van der Waals surface area contributed by atoms with Gasteiger partial charge in [-0.1, -0.05) is 51.0 Å². The Morgan fingerprint density at radius 1 is 1.26 bits per heavy atom. The molecule has 128 valence electrons. The standard InChI is InChI=1S/C19H30O3Si/c1-19(2,3)23(4,5)22-17-13-10-8-6-7-9-11-16-21-18(20)15-12-14-17/h6,8,10,13,17H,7,9,11,14,16H2,1-5H3. The molecule has 0 N–H and O–H groups in total. The zero-order valence-corrected chi connectivity index (χ0v) is 16.1. The van der Waals surface area contributed by atoms with Crippen molar-refractivity contribution in [2.45, 2.75) is 70.7 Å². The summed E-state index contributed by atoms with van der Waals surface area (Å²) in [6.45, 7) is 11.5. The molecule has 1 heterocycles. The van der Waals surface area contributed by atoms with Gasteiger partial charge in [0.05, 0.1) is 12.7 Å². The van der Waals surface area contributed by atoms with E-state index in [9.17, 15) is 4.79 Å². The Hall–Kier alpha value is -1.31. The summed E-state index contributed by atoms with van der Waals surface area (Å²) in [7, 11) is -1.88. The van der Waals surface area contributed by atoms with Crippen molar-refractivity contribution < 1.29 is 14.0 Å². The summed E-state index contributed by atoms with van der Waals surface area (Å²) >= 11 is 0. The normalized spacial score (nSPS) is 21.1. The zero-order chi connectivity index (χ0) is 17.3. The fourth-order valence-electron chi connectivity index (χ4n) is 1.86. The number of rotatable bonds is 2. The van der Waals surface area contributed by atoms with Crippen molar-refractivity contribution in [3.63, 3.8) is 0 Å². The van der Waals surface area contributed by atoms with Gasteiger partial charge in [0.1, 0.15) is 0 Å². The maximum Gasteiger partial charge on any atom is 0.384 e. The van der Waals surface area contributed by atoms with Crippen LogP contribution >= 0.6 is 0 Å². The molecule has 1 aliphatic rings. The molecule has 0 aromatic carbocycles. The van der Waals surface area contributed by atoms with E-state index in [1.165, 1.54) is 0 Å². The van der Waals surface area contributed by atoms with Crippen LogP contribution in [0.15, 0.2) is 24.3 Å². The number of hydrogen-bond donors (Lipinski definition) is 0. The Morgan fingerprint density at radius 2 is 2.00 bits per heavy atom. The highest BCUT2D eigenvalue weighted by molar-refractivity contribution is 6.74. The van der Waals surface area contributed by atoms with Crippen LogP contribution in [0.4, 0.5) is 0 Å². The molecule has 23 heavy (non-hydrogen) atoms. The molecule has 1 unspecified atom stereocenters. The molecule has 0 aromatic rings. The van der Waals surface area contributed by atoms with Gasteiger partial charge in [-0.15, -0.1) is 0 Å². The van der Waals surface area contributed by atoms with Gasteiger partial charge in [-0.05, 0) is 37.4 Å². The van der Waals surface area contributed by atoms with Crippen LogP contribution in [0.1, 0.15) is 46.5 Å². The smallest absolute Gasteiger partial charge is 0.384 e. The molecule has 0 amide bonds. The van der Waals surface area contributed by atoms with E-state index in [4.69, 9.17) is 9.16 Å². The second kappa shape index (κ2) is 9.10. The van der Waals surface area contributed by atoms with Gasteiger partial charge in [-0.25, -0.2) is 4.79 Å². The number of cyclic esters (lactones) is 1. The minimum atomic E-state index is -1.88. The van der Waals surface area contributed by atoms with Crippen molar-refractivity contribution in [3.8, 4) is 11.8 Å². The van der Waals surface area contributed by atoms with Crippen LogP contribution in [0, 0.1) is 11.8 Å². The largest absolute Gasteiger partial charge is 0.456 e. The van der Waals surface area contributed by atoms with Gasteiger partial charge in [0.25, 0.3) is 0 Å². The molecule has 0 fully saturated rings. The van der Waals surface area contributed by atoms with E-state index in [0.29, 0.717) is 13.0 Å². The van der Waals surface area contributed by atoms with Gasteiger partial charge in [-0.2, -0.15) is 0 Å². The van der Waals surface area contributed by atoms with Crippen molar-refractivity contribution in [2.75, 3.05) is 6.61 Å². The summed E-state index contributed by atoms with van der Waals surface area (Å²) in [6, 6.07) is 0. The minimum Gasteiger partial charge on any atom is -0.456 e. The van der Waals surface area contributed by atoms with Gasteiger partial charge in [0.15, 0.2) is 8.32 Å². The van der Waals surface area contributed by atoms with Crippen LogP contribution < -0.4 is 0 Å². The number of ether oxygens (including phenoxy) is 1. The van der Waals surface area contributed by atoms with Crippen molar-refractivity contribution in [2.24, 2.45) is 0 Å². The van der Waals surface area contributed by atoms with E-state index in [1.807, 2.05) is 12.2 Å². The zero-order valence-electron chi connectivity index (χ0n) is 15.1. The summed E-state index contributed by atoms with van der Waals surface area (Å²) in [4.78, 5) is 11.5. The number of carbonyl (C=O) groups is 1. The topological polar surface area (TPSA) is 35.5 Å². The van der Waals surface area contributed by atoms with Crippen LogP contribution in [0.5, 0.6) is 0 Å².